The fourth-order valence-corrected chi connectivity index (χ4v) is 2.45. The third kappa shape index (κ3) is 5.79. The predicted molar refractivity (Wildman–Crippen MR) is 82.3 cm³/mol. The number of rotatable bonds is 7. The number of nitrogens with one attached hydrogen (secondary N) is 1. The Bertz CT molecular complexity index is 455. The topological polar surface area (TPSA) is 75.3 Å². The molecule has 0 saturated heterocycles. The second-order valence-electron chi connectivity index (χ2n) is 4.71. The zero-order valence-electron chi connectivity index (χ0n) is 11.7. The molecule has 4 N–H and O–H groups in total. The van der Waals surface area contributed by atoms with E-state index in [2.05, 4.69) is 5.32 Å². The fraction of sp³-hybridized carbons (Fsp3) is 0.500. The molecule has 6 heteroatoms. The Morgan fingerprint density at radius 1 is 1.50 bits per heavy atom. The zero-order chi connectivity index (χ0) is 15.1. The van der Waals surface area contributed by atoms with Crippen molar-refractivity contribution in [3.8, 4) is 0 Å². The molecule has 0 bridgehead atoms. The quantitative estimate of drug-likeness (QED) is 0.534. The first-order valence-electron chi connectivity index (χ1n) is 6.54. The molecule has 112 valence electrons. The van der Waals surface area contributed by atoms with E-state index in [0.717, 1.165) is 5.75 Å². The van der Waals surface area contributed by atoms with E-state index in [4.69, 9.17) is 5.73 Å². The fourth-order valence-electron chi connectivity index (χ4n) is 1.49. The van der Waals surface area contributed by atoms with Gasteiger partial charge in [-0.25, -0.2) is 4.39 Å². The summed E-state index contributed by atoms with van der Waals surface area (Å²) < 4.78 is 13.4. The van der Waals surface area contributed by atoms with Gasteiger partial charge in [-0.05, 0) is 37.3 Å². The van der Waals surface area contributed by atoms with Crippen LogP contribution in [0.25, 0.3) is 0 Å². The lowest BCUT2D eigenvalue weighted by atomic mass is 10.2. The van der Waals surface area contributed by atoms with Crippen LogP contribution in [0.2, 0.25) is 0 Å². The summed E-state index contributed by atoms with van der Waals surface area (Å²) >= 11 is 1.61. The molecule has 0 aliphatic heterocycles. The first-order valence-corrected chi connectivity index (χ1v) is 7.59. The van der Waals surface area contributed by atoms with Gasteiger partial charge in [-0.15, -0.1) is 0 Å². The van der Waals surface area contributed by atoms with Crippen LogP contribution in [0, 0.1) is 5.82 Å². The van der Waals surface area contributed by atoms with Gasteiger partial charge in [0.2, 0.25) is 5.91 Å². The highest BCUT2D eigenvalue weighted by Crippen LogP contribution is 2.19. The van der Waals surface area contributed by atoms with Crippen LogP contribution in [0.5, 0.6) is 0 Å². The Morgan fingerprint density at radius 3 is 2.85 bits per heavy atom. The number of carbonyl (C=O) groups is 1. The van der Waals surface area contributed by atoms with Crippen molar-refractivity contribution in [3.63, 3.8) is 0 Å². The molecule has 20 heavy (non-hydrogen) atoms. The van der Waals surface area contributed by atoms with Crippen molar-refractivity contribution in [3.05, 3.63) is 24.0 Å². The van der Waals surface area contributed by atoms with Crippen molar-refractivity contribution in [2.45, 2.75) is 38.0 Å². The number of halogens is 1. The van der Waals surface area contributed by atoms with E-state index in [1.165, 1.54) is 18.2 Å². The summed E-state index contributed by atoms with van der Waals surface area (Å²) in [4.78, 5) is 11.7. The number of benzene rings is 1. The van der Waals surface area contributed by atoms with Crippen LogP contribution in [-0.2, 0) is 4.79 Å². The summed E-state index contributed by atoms with van der Waals surface area (Å²) in [5.41, 5.74) is 6.06. The minimum Gasteiger partial charge on any atom is -0.399 e. The predicted octanol–water partition coefficient (Wildman–Crippen LogP) is 2.63. The number of thioether (sulfide) groups is 1. The van der Waals surface area contributed by atoms with Gasteiger partial charge in [0.1, 0.15) is 5.82 Å². The molecule has 0 heterocycles. The SMILES string of the molecule is CC(O)C(C)SCCCC(=O)Nc1cc(N)ccc1F. The number of nitrogens with two attached hydrogens (primary N) is 1. The van der Waals surface area contributed by atoms with Crippen molar-refractivity contribution in [2.75, 3.05) is 16.8 Å². The van der Waals surface area contributed by atoms with Crippen LogP contribution < -0.4 is 11.1 Å². The third-order valence-corrected chi connectivity index (χ3v) is 4.32. The van der Waals surface area contributed by atoms with Crippen LogP contribution in [0.3, 0.4) is 0 Å². The molecule has 1 aromatic rings. The normalized spacial score (nSPS) is 13.8. The van der Waals surface area contributed by atoms with Gasteiger partial charge < -0.3 is 16.2 Å². The van der Waals surface area contributed by atoms with Crippen molar-refractivity contribution >= 4 is 29.0 Å². The summed E-state index contributed by atoms with van der Waals surface area (Å²) in [6.07, 6.45) is 0.626. The van der Waals surface area contributed by atoms with E-state index in [0.29, 0.717) is 18.5 Å². The Morgan fingerprint density at radius 2 is 2.20 bits per heavy atom. The van der Waals surface area contributed by atoms with Gasteiger partial charge in [0.15, 0.2) is 0 Å². The zero-order valence-corrected chi connectivity index (χ0v) is 12.5. The lowest BCUT2D eigenvalue weighted by Crippen LogP contribution is -2.16. The molecule has 0 fully saturated rings. The highest BCUT2D eigenvalue weighted by atomic mass is 32.2. The van der Waals surface area contributed by atoms with Crippen LogP contribution >= 0.6 is 11.8 Å². The van der Waals surface area contributed by atoms with Crippen LogP contribution in [0.15, 0.2) is 18.2 Å². The highest BCUT2D eigenvalue weighted by Gasteiger charge is 2.10. The number of aliphatic hydroxyl groups excluding tert-OH is 1. The summed E-state index contributed by atoms with van der Waals surface area (Å²) in [5, 5.41) is 12.0. The molecule has 2 unspecified atom stereocenters. The lowest BCUT2D eigenvalue weighted by molar-refractivity contribution is -0.116. The monoisotopic (exact) mass is 300 g/mol. The van der Waals surface area contributed by atoms with Gasteiger partial charge >= 0.3 is 0 Å². The van der Waals surface area contributed by atoms with Gasteiger partial charge in [-0.3, -0.25) is 4.79 Å². The van der Waals surface area contributed by atoms with Gasteiger partial charge in [0.05, 0.1) is 11.8 Å². The molecule has 0 saturated carbocycles. The van der Waals surface area contributed by atoms with Crippen LogP contribution in [0.4, 0.5) is 15.8 Å². The number of aliphatic hydroxyl groups is 1. The Balaban J connectivity index is 2.32. The molecule has 0 aliphatic carbocycles. The van der Waals surface area contributed by atoms with Crippen LogP contribution in [-0.4, -0.2) is 28.1 Å². The molecule has 0 spiro atoms. The lowest BCUT2D eigenvalue weighted by Gasteiger charge is -2.13. The molecule has 0 radical (unpaired) electrons. The Labute approximate surface area is 122 Å². The van der Waals surface area contributed by atoms with E-state index in [-0.39, 0.29) is 22.9 Å². The standard InChI is InChI=1S/C14H21FN2O2S/c1-9(18)10(2)20-7-3-4-14(19)17-13-8-11(16)5-6-12(13)15/h5-6,8-10,18H,3-4,7,16H2,1-2H3,(H,17,19). The average molecular weight is 300 g/mol. The van der Waals surface area contributed by atoms with Crippen LogP contribution in [0.1, 0.15) is 26.7 Å². The van der Waals surface area contributed by atoms with Crippen molar-refractivity contribution in [1.82, 2.24) is 0 Å². The minimum absolute atomic E-state index is 0.111. The maximum absolute atomic E-state index is 13.4. The van der Waals surface area contributed by atoms with E-state index in [9.17, 15) is 14.3 Å². The largest absolute Gasteiger partial charge is 0.399 e. The molecule has 1 aromatic carbocycles. The molecule has 1 amide bonds. The molecule has 1 rings (SSSR count). The summed E-state index contributed by atoms with van der Waals surface area (Å²) in [6.45, 7) is 3.69. The first kappa shape index (κ1) is 16.8. The number of carbonyl (C=O) groups excluding carboxylic acids is 1. The van der Waals surface area contributed by atoms with Crippen molar-refractivity contribution in [1.29, 1.82) is 0 Å². The maximum Gasteiger partial charge on any atom is 0.224 e. The number of nitrogen functional groups attached to an aromatic ring is 1. The van der Waals surface area contributed by atoms with Crippen molar-refractivity contribution in [2.24, 2.45) is 0 Å². The summed E-state index contributed by atoms with van der Waals surface area (Å²) in [6, 6.07) is 4.07. The first-order chi connectivity index (χ1) is 9.40. The molecule has 2 atom stereocenters. The molecule has 4 nitrogen and oxygen atoms in total. The smallest absolute Gasteiger partial charge is 0.224 e. The van der Waals surface area contributed by atoms with E-state index >= 15 is 0 Å². The van der Waals surface area contributed by atoms with Gasteiger partial charge in [0.25, 0.3) is 0 Å². The van der Waals surface area contributed by atoms with E-state index < -0.39 is 5.82 Å². The van der Waals surface area contributed by atoms with Gasteiger partial charge in [-0.1, -0.05) is 6.92 Å². The highest BCUT2D eigenvalue weighted by molar-refractivity contribution is 7.99. The second kappa shape index (κ2) is 8.11. The number of anilines is 2. The average Bonchev–Trinajstić information content (AvgIpc) is 2.38. The van der Waals surface area contributed by atoms with Gasteiger partial charge in [-0.2, -0.15) is 11.8 Å². The molecular formula is C14H21FN2O2S. The van der Waals surface area contributed by atoms with Gasteiger partial charge in [0, 0.05) is 17.4 Å². The number of hydrogen-bond acceptors (Lipinski definition) is 4. The molecule has 0 aromatic heterocycles. The summed E-state index contributed by atoms with van der Waals surface area (Å²) in [7, 11) is 0. The third-order valence-electron chi connectivity index (χ3n) is 2.87. The van der Waals surface area contributed by atoms with E-state index in [1.54, 1.807) is 18.7 Å². The Hall–Kier alpha value is -1.27. The molecule has 0 aliphatic rings. The molecular weight excluding hydrogens is 279 g/mol. The van der Waals surface area contributed by atoms with E-state index in [1.807, 2.05) is 6.92 Å². The van der Waals surface area contributed by atoms with Crippen molar-refractivity contribution < 1.29 is 14.3 Å². The Kier molecular flexibility index (Phi) is 6.81. The number of hydrogen-bond donors (Lipinski definition) is 3. The summed E-state index contributed by atoms with van der Waals surface area (Å²) in [5.74, 6) is 0.0447. The second-order valence-corrected chi connectivity index (χ2v) is 6.19. The maximum atomic E-state index is 13.4. The number of amides is 1. The minimum atomic E-state index is -0.496.